The van der Waals surface area contributed by atoms with Crippen molar-refractivity contribution in [1.29, 1.82) is 0 Å². The van der Waals surface area contributed by atoms with E-state index in [0.717, 1.165) is 18.7 Å². The van der Waals surface area contributed by atoms with E-state index in [0.29, 0.717) is 0 Å². The number of nitrogens with two attached hydrogens (primary N) is 1. The molecule has 7 heteroatoms. The predicted octanol–water partition coefficient (Wildman–Crippen LogP) is 0.984. The first-order valence-corrected chi connectivity index (χ1v) is 6.17. The molecule has 0 bridgehead atoms. The molecule has 1 aromatic heterocycles. The summed E-state index contributed by atoms with van der Waals surface area (Å²) < 4.78 is 0. The fourth-order valence-corrected chi connectivity index (χ4v) is 1.75. The Labute approximate surface area is 111 Å². The van der Waals surface area contributed by atoms with Gasteiger partial charge in [0, 0.05) is 18.8 Å². The average Bonchev–Trinajstić information content (AvgIpc) is 2.85. The first-order valence-electron chi connectivity index (χ1n) is 6.17. The molecule has 0 saturated carbocycles. The molecule has 2 aromatic rings. The van der Waals surface area contributed by atoms with Crippen LogP contribution in [0.4, 0.5) is 11.6 Å². The highest BCUT2D eigenvalue weighted by Gasteiger charge is 2.01. The summed E-state index contributed by atoms with van der Waals surface area (Å²) in [5.41, 5.74) is 7.67. The van der Waals surface area contributed by atoms with E-state index in [4.69, 9.17) is 5.73 Å². The number of hydrogen-bond acceptors (Lipinski definition) is 6. The van der Waals surface area contributed by atoms with Crippen LogP contribution in [0.3, 0.4) is 0 Å². The first-order chi connectivity index (χ1) is 9.24. The quantitative estimate of drug-likeness (QED) is 0.809. The summed E-state index contributed by atoms with van der Waals surface area (Å²) in [7, 11) is 0. The summed E-state index contributed by atoms with van der Waals surface area (Å²) >= 11 is 0. The lowest BCUT2D eigenvalue weighted by molar-refractivity contribution is 0.699. The molecule has 0 amide bonds. The largest absolute Gasteiger partial charge is 0.372 e. The summed E-state index contributed by atoms with van der Waals surface area (Å²) in [4.78, 5) is 3.46. The van der Waals surface area contributed by atoms with Crippen molar-refractivity contribution in [2.24, 2.45) is 5.10 Å². The van der Waals surface area contributed by atoms with Crippen molar-refractivity contribution in [3.05, 3.63) is 29.8 Å². The zero-order valence-electron chi connectivity index (χ0n) is 11.1. The van der Waals surface area contributed by atoms with Gasteiger partial charge in [0.2, 0.25) is 0 Å². The minimum absolute atomic E-state index is 0.163. The number of nitrogen functional groups attached to an aromatic ring is 1. The number of rotatable bonds is 5. The highest BCUT2D eigenvalue weighted by atomic mass is 15.7. The normalized spacial score (nSPS) is 11.1. The molecule has 0 aliphatic carbocycles. The monoisotopic (exact) mass is 259 g/mol. The third kappa shape index (κ3) is 3.06. The molecule has 2 rings (SSSR count). The molecule has 0 atom stereocenters. The number of nitrogens with zero attached hydrogens (tertiary/aromatic N) is 6. The Bertz CT molecular complexity index is 539. The summed E-state index contributed by atoms with van der Waals surface area (Å²) in [6, 6.07) is 8.13. The molecule has 0 aliphatic heterocycles. The van der Waals surface area contributed by atoms with E-state index in [2.05, 4.69) is 51.5 Å². The van der Waals surface area contributed by atoms with Gasteiger partial charge in [-0.15, -0.1) is 0 Å². The second-order valence-electron chi connectivity index (χ2n) is 3.93. The molecule has 0 fully saturated rings. The molecule has 0 unspecified atom stereocenters. The molecule has 0 saturated heterocycles. The Balaban J connectivity index is 2.11. The van der Waals surface area contributed by atoms with Crippen molar-refractivity contribution >= 4 is 17.9 Å². The fourth-order valence-electron chi connectivity index (χ4n) is 1.75. The Kier molecular flexibility index (Phi) is 4.07. The standard InChI is InChI=1S/C12H17N7/c1-3-18(4-2)11-7-5-10(6-8-11)9-14-19-12(13)15-16-17-19/h5-9H,3-4H2,1-2H3,(H2,13,15,17)/b14-9+. The van der Waals surface area contributed by atoms with Gasteiger partial charge in [-0.3, -0.25) is 0 Å². The van der Waals surface area contributed by atoms with E-state index in [-0.39, 0.29) is 5.95 Å². The van der Waals surface area contributed by atoms with E-state index in [9.17, 15) is 0 Å². The third-order valence-corrected chi connectivity index (χ3v) is 2.81. The second kappa shape index (κ2) is 5.94. The molecule has 100 valence electrons. The van der Waals surface area contributed by atoms with Crippen molar-refractivity contribution in [2.45, 2.75) is 13.8 Å². The van der Waals surface area contributed by atoms with E-state index < -0.39 is 0 Å². The maximum Gasteiger partial charge on any atom is 0.263 e. The Hall–Kier alpha value is -2.44. The van der Waals surface area contributed by atoms with Gasteiger partial charge in [0.15, 0.2) is 0 Å². The maximum absolute atomic E-state index is 5.51. The lowest BCUT2D eigenvalue weighted by Crippen LogP contribution is -2.21. The lowest BCUT2D eigenvalue weighted by Gasteiger charge is -2.20. The van der Waals surface area contributed by atoms with E-state index in [1.54, 1.807) is 6.21 Å². The van der Waals surface area contributed by atoms with Crippen LogP contribution in [0.5, 0.6) is 0 Å². The first kappa shape index (κ1) is 13.0. The fraction of sp³-hybridized carbons (Fsp3) is 0.333. The Morgan fingerprint density at radius 1 is 1.26 bits per heavy atom. The SMILES string of the molecule is CCN(CC)c1ccc(/C=N/n2nnnc2N)cc1. The number of tetrazole rings is 1. The smallest absolute Gasteiger partial charge is 0.263 e. The van der Waals surface area contributed by atoms with Crippen LogP contribution in [0.15, 0.2) is 29.4 Å². The highest BCUT2D eigenvalue weighted by molar-refractivity contribution is 5.80. The van der Waals surface area contributed by atoms with Crippen LogP contribution < -0.4 is 10.6 Å². The van der Waals surface area contributed by atoms with Gasteiger partial charge in [0.25, 0.3) is 5.95 Å². The molecule has 19 heavy (non-hydrogen) atoms. The van der Waals surface area contributed by atoms with Crippen molar-refractivity contribution in [1.82, 2.24) is 20.3 Å². The van der Waals surface area contributed by atoms with Crippen LogP contribution in [0.25, 0.3) is 0 Å². The van der Waals surface area contributed by atoms with E-state index in [1.807, 2.05) is 12.1 Å². The third-order valence-electron chi connectivity index (χ3n) is 2.81. The number of benzene rings is 1. The van der Waals surface area contributed by atoms with Crippen LogP contribution in [0.2, 0.25) is 0 Å². The minimum atomic E-state index is 0.163. The Morgan fingerprint density at radius 3 is 2.47 bits per heavy atom. The van der Waals surface area contributed by atoms with Gasteiger partial charge in [-0.25, -0.2) is 0 Å². The highest BCUT2D eigenvalue weighted by Crippen LogP contribution is 2.14. The van der Waals surface area contributed by atoms with Gasteiger partial charge < -0.3 is 10.6 Å². The van der Waals surface area contributed by atoms with Gasteiger partial charge in [-0.2, -0.15) is 5.10 Å². The van der Waals surface area contributed by atoms with Gasteiger partial charge >= 0.3 is 0 Å². The van der Waals surface area contributed by atoms with Gasteiger partial charge in [-0.05, 0) is 42.0 Å². The summed E-state index contributed by atoms with van der Waals surface area (Å²) in [6.07, 6.45) is 1.67. The average molecular weight is 259 g/mol. The zero-order chi connectivity index (χ0) is 13.7. The van der Waals surface area contributed by atoms with E-state index in [1.165, 1.54) is 10.5 Å². The van der Waals surface area contributed by atoms with Crippen molar-refractivity contribution in [2.75, 3.05) is 23.7 Å². The zero-order valence-corrected chi connectivity index (χ0v) is 11.1. The van der Waals surface area contributed by atoms with Crippen LogP contribution >= 0.6 is 0 Å². The van der Waals surface area contributed by atoms with Gasteiger partial charge in [0.05, 0.1) is 6.21 Å². The van der Waals surface area contributed by atoms with Gasteiger partial charge in [-0.1, -0.05) is 22.0 Å². The molecule has 0 spiro atoms. The molecular weight excluding hydrogens is 242 g/mol. The molecule has 2 N–H and O–H groups in total. The van der Waals surface area contributed by atoms with Crippen LogP contribution in [0.1, 0.15) is 19.4 Å². The minimum Gasteiger partial charge on any atom is -0.372 e. The molecule has 1 heterocycles. The maximum atomic E-state index is 5.51. The topological polar surface area (TPSA) is 85.2 Å². The Morgan fingerprint density at radius 2 is 1.95 bits per heavy atom. The molecule has 0 radical (unpaired) electrons. The second-order valence-corrected chi connectivity index (χ2v) is 3.93. The van der Waals surface area contributed by atoms with Crippen LogP contribution in [-0.4, -0.2) is 39.6 Å². The number of anilines is 2. The molecule has 0 aliphatic rings. The molecule has 1 aromatic carbocycles. The van der Waals surface area contributed by atoms with Crippen molar-refractivity contribution in [3.63, 3.8) is 0 Å². The van der Waals surface area contributed by atoms with Crippen LogP contribution in [-0.2, 0) is 0 Å². The number of hydrogen-bond donors (Lipinski definition) is 1. The van der Waals surface area contributed by atoms with Crippen LogP contribution in [0, 0.1) is 0 Å². The van der Waals surface area contributed by atoms with Crippen molar-refractivity contribution in [3.8, 4) is 0 Å². The molecule has 7 nitrogen and oxygen atoms in total. The van der Waals surface area contributed by atoms with Gasteiger partial charge in [0.1, 0.15) is 0 Å². The molecular formula is C12H17N7. The van der Waals surface area contributed by atoms with E-state index >= 15 is 0 Å². The van der Waals surface area contributed by atoms with Crippen molar-refractivity contribution < 1.29 is 0 Å². The summed E-state index contributed by atoms with van der Waals surface area (Å²) in [6.45, 7) is 6.26. The predicted molar refractivity (Wildman–Crippen MR) is 75.2 cm³/mol. The summed E-state index contributed by atoms with van der Waals surface area (Å²) in [5, 5.41) is 14.7. The number of aromatic nitrogens is 4. The lowest BCUT2D eigenvalue weighted by atomic mass is 10.2. The summed E-state index contributed by atoms with van der Waals surface area (Å²) in [5.74, 6) is 0.163.